The molecule has 0 aliphatic heterocycles. The summed E-state index contributed by atoms with van der Waals surface area (Å²) in [6.07, 6.45) is 7.43. The molecular formula is C21H45N3O4. The fraction of sp³-hybridized carbons (Fsp3) is 0.857. The molecular weight excluding hydrogens is 358 g/mol. The Morgan fingerprint density at radius 3 is 1.14 bits per heavy atom. The standard InChI is InChI=1S/2C8H16O2.C5H13N3/c2*1-3-5-6-7(4-2)8(9)10;1-7(2)5(6)8(3)4/h2*7H,3-6H2,1-2H3,(H,9,10);6H,1-4H3. The van der Waals surface area contributed by atoms with E-state index in [1.165, 1.54) is 0 Å². The summed E-state index contributed by atoms with van der Waals surface area (Å²) in [5.74, 6) is -0.989. The zero-order valence-corrected chi connectivity index (χ0v) is 19.4. The molecule has 0 bridgehead atoms. The van der Waals surface area contributed by atoms with E-state index in [1.807, 2.05) is 42.0 Å². The van der Waals surface area contributed by atoms with Crippen molar-refractivity contribution in [3.05, 3.63) is 0 Å². The summed E-state index contributed by atoms with van der Waals surface area (Å²) < 4.78 is 0. The van der Waals surface area contributed by atoms with E-state index in [0.29, 0.717) is 5.96 Å². The Morgan fingerprint density at radius 1 is 0.750 bits per heavy atom. The van der Waals surface area contributed by atoms with Crippen LogP contribution in [0.3, 0.4) is 0 Å². The molecule has 0 aliphatic carbocycles. The maximum atomic E-state index is 10.4. The van der Waals surface area contributed by atoms with E-state index in [1.54, 1.807) is 9.80 Å². The number of guanidine groups is 1. The molecule has 7 heteroatoms. The first-order chi connectivity index (χ1) is 13.0. The number of rotatable bonds is 10. The summed E-state index contributed by atoms with van der Waals surface area (Å²) in [6.45, 7) is 8.01. The molecule has 0 rings (SSSR count). The molecule has 3 N–H and O–H groups in total. The molecule has 0 fully saturated rings. The van der Waals surface area contributed by atoms with E-state index < -0.39 is 11.9 Å². The molecule has 0 aromatic heterocycles. The summed E-state index contributed by atoms with van der Waals surface area (Å²) in [5.41, 5.74) is 0. The van der Waals surface area contributed by atoms with Gasteiger partial charge in [-0.2, -0.15) is 0 Å². The minimum atomic E-state index is -0.643. The van der Waals surface area contributed by atoms with Crippen LogP contribution in [0.15, 0.2) is 0 Å². The Hall–Kier alpha value is -1.79. The van der Waals surface area contributed by atoms with Gasteiger partial charge in [-0.3, -0.25) is 15.0 Å². The van der Waals surface area contributed by atoms with Crippen molar-refractivity contribution >= 4 is 17.9 Å². The average molecular weight is 404 g/mol. The van der Waals surface area contributed by atoms with Gasteiger partial charge in [0.25, 0.3) is 0 Å². The van der Waals surface area contributed by atoms with Crippen LogP contribution in [0.4, 0.5) is 0 Å². The van der Waals surface area contributed by atoms with E-state index >= 15 is 0 Å². The highest BCUT2D eigenvalue weighted by Crippen LogP contribution is 2.12. The second kappa shape index (κ2) is 20.0. The lowest BCUT2D eigenvalue weighted by Crippen LogP contribution is -2.34. The van der Waals surface area contributed by atoms with Gasteiger partial charge in [-0.15, -0.1) is 0 Å². The highest BCUT2D eigenvalue weighted by Gasteiger charge is 2.13. The van der Waals surface area contributed by atoms with Gasteiger partial charge in [-0.25, -0.2) is 0 Å². The Labute approximate surface area is 172 Å². The maximum absolute atomic E-state index is 10.4. The van der Waals surface area contributed by atoms with Crippen molar-refractivity contribution in [3.8, 4) is 0 Å². The minimum absolute atomic E-state index is 0.111. The molecule has 2 unspecified atom stereocenters. The van der Waals surface area contributed by atoms with Gasteiger partial charge < -0.3 is 20.0 Å². The fourth-order valence-electron chi connectivity index (χ4n) is 2.31. The molecule has 0 saturated heterocycles. The zero-order chi connectivity index (χ0) is 22.7. The summed E-state index contributed by atoms with van der Waals surface area (Å²) in [6, 6.07) is 0. The first-order valence-corrected chi connectivity index (χ1v) is 10.4. The molecule has 168 valence electrons. The predicted octanol–water partition coefficient (Wildman–Crippen LogP) is 4.62. The van der Waals surface area contributed by atoms with Crippen LogP contribution in [0.1, 0.15) is 79.1 Å². The lowest BCUT2D eigenvalue weighted by molar-refractivity contribution is -0.143. The van der Waals surface area contributed by atoms with E-state index in [2.05, 4.69) is 13.8 Å². The molecule has 0 saturated carbocycles. The van der Waals surface area contributed by atoms with Crippen LogP contribution in [-0.4, -0.2) is 66.1 Å². The van der Waals surface area contributed by atoms with Gasteiger partial charge in [0, 0.05) is 28.2 Å². The largest absolute Gasteiger partial charge is 0.481 e. The van der Waals surface area contributed by atoms with E-state index in [4.69, 9.17) is 15.6 Å². The molecule has 0 aromatic rings. The quantitative estimate of drug-likeness (QED) is 0.363. The SMILES string of the molecule is CCCCC(CC)C(=O)O.CCCCC(CC)C(=O)O.CN(C)C(=N)N(C)C. The molecule has 0 amide bonds. The Balaban J connectivity index is -0.000000337. The predicted molar refractivity (Wildman–Crippen MR) is 117 cm³/mol. The Morgan fingerprint density at radius 2 is 1.04 bits per heavy atom. The summed E-state index contributed by atoms with van der Waals surface area (Å²) >= 11 is 0. The third kappa shape index (κ3) is 19.0. The third-order valence-corrected chi connectivity index (χ3v) is 4.34. The number of unbranched alkanes of at least 4 members (excludes halogenated alkanes) is 2. The first-order valence-electron chi connectivity index (χ1n) is 10.4. The molecule has 28 heavy (non-hydrogen) atoms. The van der Waals surface area contributed by atoms with Crippen molar-refractivity contribution < 1.29 is 19.8 Å². The van der Waals surface area contributed by atoms with Gasteiger partial charge in [0.15, 0.2) is 5.96 Å². The van der Waals surface area contributed by atoms with Crippen LogP contribution in [0.2, 0.25) is 0 Å². The molecule has 0 aliphatic rings. The number of carbonyl (C=O) groups is 2. The van der Waals surface area contributed by atoms with Crippen LogP contribution in [0, 0.1) is 17.2 Å². The normalized spacial score (nSPS) is 11.7. The van der Waals surface area contributed by atoms with Gasteiger partial charge in [0.2, 0.25) is 0 Å². The van der Waals surface area contributed by atoms with E-state index in [0.717, 1.165) is 51.4 Å². The van der Waals surface area contributed by atoms with E-state index in [9.17, 15) is 9.59 Å². The molecule has 0 spiro atoms. The summed E-state index contributed by atoms with van der Waals surface area (Å²) in [4.78, 5) is 24.4. The monoisotopic (exact) mass is 403 g/mol. The molecule has 2 atom stereocenters. The van der Waals surface area contributed by atoms with Gasteiger partial charge in [0.05, 0.1) is 11.8 Å². The zero-order valence-electron chi connectivity index (χ0n) is 19.4. The van der Waals surface area contributed by atoms with Crippen molar-refractivity contribution in [2.45, 2.75) is 79.1 Å². The van der Waals surface area contributed by atoms with Crippen LogP contribution < -0.4 is 0 Å². The van der Waals surface area contributed by atoms with Crippen molar-refractivity contribution in [1.82, 2.24) is 9.80 Å². The lowest BCUT2D eigenvalue weighted by atomic mass is 10.00. The van der Waals surface area contributed by atoms with Crippen LogP contribution in [0.5, 0.6) is 0 Å². The van der Waals surface area contributed by atoms with Gasteiger partial charge >= 0.3 is 11.9 Å². The summed E-state index contributed by atoms with van der Waals surface area (Å²) in [5, 5.41) is 24.4. The van der Waals surface area contributed by atoms with Crippen LogP contribution >= 0.6 is 0 Å². The molecule has 0 radical (unpaired) electrons. The average Bonchev–Trinajstić information content (AvgIpc) is 2.62. The smallest absolute Gasteiger partial charge is 0.306 e. The van der Waals surface area contributed by atoms with Crippen molar-refractivity contribution in [2.75, 3.05) is 28.2 Å². The third-order valence-electron chi connectivity index (χ3n) is 4.34. The van der Waals surface area contributed by atoms with Gasteiger partial charge in [-0.1, -0.05) is 53.4 Å². The highest BCUT2D eigenvalue weighted by molar-refractivity contribution is 5.75. The number of aliphatic carboxylic acids is 2. The van der Waals surface area contributed by atoms with Crippen LogP contribution in [0.25, 0.3) is 0 Å². The number of hydrogen-bond acceptors (Lipinski definition) is 3. The van der Waals surface area contributed by atoms with E-state index in [-0.39, 0.29) is 11.8 Å². The van der Waals surface area contributed by atoms with Crippen molar-refractivity contribution in [3.63, 3.8) is 0 Å². The minimum Gasteiger partial charge on any atom is -0.481 e. The Kier molecular flexibility index (Phi) is 22.0. The van der Waals surface area contributed by atoms with Gasteiger partial charge in [0.1, 0.15) is 0 Å². The van der Waals surface area contributed by atoms with Crippen molar-refractivity contribution in [2.24, 2.45) is 11.8 Å². The second-order valence-corrected chi connectivity index (χ2v) is 7.28. The second-order valence-electron chi connectivity index (χ2n) is 7.28. The first kappa shape index (κ1) is 30.9. The number of carboxylic acid groups (broad SMARTS) is 2. The number of nitrogens with one attached hydrogen (secondary N) is 1. The summed E-state index contributed by atoms with van der Waals surface area (Å²) in [7, 11) is 7.40. The lowest BCUT2D eigenvalue weighted by Gasteiger charge is -2.19. The van der Waals surface area contributed by atoms with Crippen molar-refractivity contribution in [1.29, 1.82) is 5.41 Å². The number of carboxylic acids is 2. The fourth-order valence-corrected chi connectivity index (χ4v) is 2.31. The molecule has 7 nitrogen and oxygen atoms in total. The molecule has 0 heterocycles. The topological polar surface area (TPSA) is 105 Å². The van der Waals surface area contributed by atoms with Gasteiger partial charge in [-0.05, 0) is 25.7 Å². The Bertz CT molecular complexity index is 376. The number of hydrogen-bond donors (Lipinski definition) is 3. The van der Waals surface area contributed by atoms with Crippen LogP contribution in [-0.2, 0) is 9.59 Å². The molecule has 0 aromatic carbocycles. The number of nitrogens with zero attached hydrogens (tertiary/aromatic N) is 2. The highest BCUT2D eigenvalue weighted by atomic mass is 16.4. The maximum Gasteiger partial charge on any atom is 0.306 e.